The lowest BCUT2D eigenvalue weighted by atomic mass is 9.88. The third-order valence-corrected chi connectivity index (χ3v) is 3.57. The molecule has 1 unspecified atom stereocenters. The summed E-state index contributed by atoms with van der Waals surface area (Å²) >= 11 is 5.86. The van der Waals surface area contributed by atoms with E-state index in [0.717, 1.165) is 26.1 Å². The molecular weight excluding hydrogens is 241 g/mol. The van der Waals surface area contributed by atoms with Gasteiger partial charge < -0.3 is 10.5 Å². The van der Waals surface area contributed by atoms with Crippen LogP contribution in [-0.2, 0) is 11.2 Å². The van der Waals surface area contributed by atoms with Crippen molar-refractivity contribution in [3.05, 3.63) is 34.6 Å². The summed E-state index contributed by atoms with van der Waals surface area (Å²) in [6.07, 6.45) is 2.46. The molecule has 1 aromatic rings. The SMILES string of the molecule is NC(Cc1cc(Cl)ccc1F)C1CCOCC1. The molecule has 2 N–H and O–H groups in total. The first-order valence-corrected chi connectivity index (χ1v) is 6.32. The number of benzene rings is 1. The van der Waals surface area contributed by atoms with Crippen LogP contribution in [-0.4, -0.2) is 19.3 Å². The topological polar surface area (TPSA) is 35.2 Å². The summed E-state index contributed by atoms with van der Waals surface area (Å²) in [5.41, 5.74) is 6.74. The minimum absolute atomic E-state index is 0.0214. The second-order valence-corrected chi connectivity index (χ2v) is 4.99. The third-order valence-electron chi connectivity index (χ3n) is 3.33. The van der Waals surface area contributed by atoms with Crippen molar-refractivity contribution in [3.8, 4) is 0 Å². The zero-order chi connectivity index (χ0) is 12.3. The van der Waals surface area contributed by atoms with E-state index in [0.29, 0.717) is 22.9 Å². The van der Waals surface area contributed by atoms with Crippen LogP contribution in [0.25, 0.3) is 0 Å². The highest BCUT2D eigenvalue weighted by molar-refractivity contribution is 6.30. The van der Waals surface area contributed by atoms with Crippen LogP contribution in [0.1, 0.15) is 18.4 Å². The van der Waals surface area contributed by atoms with Crippen molar-refractivity contribution in [2.75, 3.05) is 13.2 Å². The Kier molecular flexibility index (Phi) is 4.37. The van der Waals surface area contributed by atoms with Crippen molar-refractivity contribution in [2.24, 2.45) is 11.7 Å². The summed E-state index contributed by atoms with van der Waals surface area (Å²) in [5.74, 6) is 0.194. The van der Waals surface area contributed by atoms with Gasteiger partial charge in [-0.15, -0.1) is 0 Å². The van der Waals surface area contributed by atoms with E-state index in [-0.39, 0.29) is 11.9 Å². The first-order valence-electron chi connectivity index (χ1n) is 5.94. The van der Waals surface area contributed by atoms with E-state index in [1.165, 1.54) is 6.07 Å². The quantitative estimate of drug-likeness (QED) is 0.904. The highest BCUT2D eigenvalue weighted by atomic mass is 35.5. The Balaban J connectivity index is 2.01. The summed E-state index contributed by atoms with van der Waals surface area (Å²) in [7, 11) is 0. The molecule has 1 aromatic carbocycles. The van der Waals surface area contributed by atoms with Gasteiger partial charge in [-0.1, -0.05) is 11.6 Å². The van der Waals surface area contributed by atoms with Gasteiger partial charge in [0.15, 0.2) is 0 Å². The fourth-order valence-electron chi connectivity index (χ4n) is 2.26. The van der Waals surface area contributed by atoms with E-state index in [4.69, 9.17) is 22.1 Å². The number of nitrogens with two attached hydrogens (primary N) is 1. The van der Waals surface area contributed by atoms with Gasteiger partial charge in [-0.25, -0.2) is 4.39 Å². The average molecular weight is 258 g/mol. The van der Waals surface area contributed by atoms with Crippen LogP contribution in [0.15, 0.2) is 18.2 Å². The second-order valence-electron chi connectivity index (χ2n) is 4.55. The van der Waals surface area contributed by atoms with E-state index < -0.39 is 0 Å². The molecule has 1 fully saturated rings. The molecule has 17 heavy (non-hydrogen) atoms. The maximum Gasteiger partial charge on any atom is 0.126 e. The average Bonchev–Trinajstić information content (AvgIpc) is 2.35. The molecule has 0 amide bonds. The maximum absolute atomic E-state index is 13.6. The second kappa shape index (κ2) is 5.80. The lowest BCUT2D eigenvalue weighted by Crippen LogP contribution is -2.36. The van der Waals surface area contributed by atoms with Gasteiger partial charge in [0.1, 0.15) is 5.82 Å². The lowest BCUT2D eigenvalue weighted by Gasteiger charge is -2.27. The third kappa shape index (κ3) is 3.41. The molecule has 94 valence electrons. The Labute approximate surface area is 106 Å². The number of rotatable bonds is 3. The number of ether oxygens (including phenoxy) is 1. The van der Waals surface area contributed by atoms with Gasteiger partial charge in [-0.05, 0) is 48.9 Å². The molecule has 0 aromatic heterocycles. The minimum Gasteiger partial charge on any atom is -0.381 e. The molecule has 1 heterocycles. The molecular formula is C13H17ClFNO. The zero-order valence-corrected chi connectivity index (χ0v) is 10.4. The van der Waals surface area contributed by atoms with Gasteiger partial charge in [0.25, 0.3) is 0 Å². The molecule has 1 aliphatic rings. The first-order chi connectivity index (χ1) is 8.16. The molecule has 0 spiro atoms. The minimum atomic E-state index is -0.225. The van der Waals surface area contributed by atoms with Crippen LogP contribution in [0.5, 0.6) is 0 Å². The standard InChI is InChI=1S/C13H17ClFNO/c14-11-1-2-12(15)10(7-11)8-13(16)9-3-5-17-6-4-9/h1-2,7,9,13H,3-6,8,16H2. The van der Waals surface area contributed by atoms with Gasteiger partial charge >= 0.3 is 0 Å². The van der Waals surface area contributed by atoms with Crippen molar-refractivity contribution < 1.29 is 9.13 Å². The van der Waals surface area contributed by atoms with Gasteiger partial charge in [0.2, 0.25) is 0 Å². The summed E-state index contributed by atoms with van der Waals surface area (Å²) in [5, 5.41) is 0.556. The largest absolute Gasteiger partial charge is 0.381 e. The Bertz CT molecular complexity index is 380. The Morgan fingerprint density at radius 1 is 1.41 bits per heavy atom. The molecule has 0 radical (unpaired) electrons. The fraction of sp³-hybridized carbons (Fsp3) is 0.538. The molecule has 0 aliphatic carbocycles. The summed E-state index contributed by atoms with van der Waals surface area (Å²) < 4.78 is 18.9. The van der Waals surface area contributed by atoms with E-state index in [2.05, 4.69) is 0 Å². The highest BCUT2D eigenvalue weighted by Crippen LogP contribution is 2.22. The van der Waals surface area contributed by atoms with Crippen molar-refractivity contribution in [3.63, 3.8) is 0 Å². The van der Waals surface area contributed by atoms with E-state index >= 15 is 0 Å². The molecule has 1 saturated heterocycles. The summed E-state index contributed by atoms with van der Waals surface area (Å²) in [4.78, 5) is 0. The predicted octanol–water partition coefficient (Wildman–Crippen LogP) is 2.78. The Morgan fingerprint density at radius 3 is 2.82 bits per heavy atom. The van der Waals surface area contributed by atoms with Crippen molar-refractivity contribution >= 4 is 11.6 Å². The summed E-state index contributed by atoms with van der Waals surface area (Å²) in [6.45, 7) is 1.52. The molecule has 0 saturated carbocycles. The molecule has 4 heteroatoms. The summed E-state index contributed by atoms with van der Waals surface area (Å²) in [6, 6.07) is 4.59. The highest BCUT2D eigenvalue weighted by Gasteiger charge is 2.22. The first kappa shape index (κ1) is 12.8. The molecule has 1 atom stereocenters. The Morgan fingerprint density at radius 2 is 2.12 bits per heavy atom. The van der Waals surface area contributed by atoms with Crippen LogP contribution >= 0.6 is 11.6 Å². The molecule has 2 nitrogen and oxygen atoms in total. The number of hydrogen-bond acceptors (Lipinski definition) is 2. The van der Waals surface area contributed by atoms with Gasteiger partial charge in [0.05, 0.1) is 0 Å². The van der Waals surface area contributed by atoms with Crippen LogP contribution < -0.4 is 5.73 Å². The smallest absolute Gasteiger partial charge is 0.126 e. The van der Waals surface area contributed by atoms with E-state index in [1.807, 2.05) is 0 Å². The van der Waals surface area contributed by atoms with Crippen LogP contribution in [0.4, 0.5) is 4.39 Å². The number of hydrogen-bond donors (Lipinski definition) is 1. The molecule has 1 aliphatic heterocycles. The van der Waals surface area contributed by atoms with Gasteiger partial charge in [-0.2, -0.15) is 0 Å². The van der Waals surface area contributed by atoms with Crippen LogP contribution in [0, 0.1) is 11.7 Å². The molecule has 2 rings (SSSR count). The van der Waals surface area contributed by atoms with Gasteiger partial charge in [0, 0.05) is 24.3 Å². The monoisotopic (exact) mass is 257 g/mol. The van der Waals surface area contributed by atoms with Crippen LogP contribution in [0.3, 0.4) is 0 Å². The fourth-order valence-corrected chi connectivity index (χ4v) is 2.46. The van der Waals surface area contributed by atoms with Gasteiger partial charge in [-0.3, -0.25) is 0 Å². The normalized spacial score (nSPS) is 19.2. The van der Waals surface area contributed by atoms with E-state index in [1.54, 1.807) is 12.1 Å². The predicted molar refractivity (Wildman–Crippen MR) is 66.6 cm³/mol. The number of halogens is 2. The van der Waals surface area contributed by atoms with E-state index in [9.17, 15) is 4.39 Å². The Hall–Kier alpha value is -0.640. The maximum atomic E-state index is 13.6. The van der Waals surface area contributed by atoms with Crippen molar-refractivity contribution in [1.29, 1.82) is 0 Å². The lowest BCUT2D eigenvalue weighted by molar-refractivity contribution is 0.0584. The molecule has 0 bridgehead atoms. The van der Waals surface area contributed by atoms with Crippen molar-refractivity contribution in [2.45, 2.75) is 25.3 Å². The van der Waals surface area contributed by atoms with Crippen molar-refractivity contribution in [1.82, 2.24) is 0 Å². The van der Waals surface area contributed by atoms with Crippen LogP contribution in [0.2, 0.25) is 5.02 Å². The zero-order valence-electron chi connectivity index (χ0n) is 9.66.